The Balaban J connectivity index is 2.14. The molecule has 0 spiro atoms. The van der Waals surface area contributed by atoms with Gasteiger partial charge in [-0.1, -0.05) is 27.2 Å². The van der Waals surface area contributed by atoms with Gasteiger partial charge in [0.1, 0.15) is 0 Å². The highest BCUT2D eigenvalue weighted by Crippen LogP contribution is 2.49. The normalized spacial score (nSPS) is 49.3. The SMILES string of the molecule is CCC(C)C1OC2(C)CCC1C(C)C2. The molecule has 3 fully saturated rings. The lowest BCUT2D eigenvalue weighted by atomic mass is 9.65. The van der Waals surface area contributed by atoms with E-state index in [9.17, 15) is 0 Å². The zero-order chi connectivity index (χ0) is 10.3. The van der Waals surface area contributed by atoms with E-state index in [4.69, 9.17) is 4.74 Å². The molecule has 0 aromatic carbocycles. The Morgan fingerprint density at radius 1 is 1.50 bits per heavy atom. The van der Waals surface area contributed by atoms with Crippen LogP contribution < -0.4 is 0 Å². The predicted octanol–water partition coefficient (Wildman–Crippen LogP) is 3.63. The van der Waals surface area contributed by atoms with Gasteiger partial charge in [0.15, 0.2) is 0 Å². The third kappa shape index (κ3) is 1.60. The van der Waals surface area contributed by atoms with Gasteiger partial charge in [0.05, 0.1) is 11.7 Å². The van der Waals surface area contributed by atoms with Crippen LogP contribution in [-0.4, -0.2) is 11.7 Å². The highest BCUT2D eigenvalue weighted by Gasteiger charge is 2.48. The first-order valence-corrected chi connectivity index (χ1v) is 6.23. The van der Waals surface area contributed by atoms with Gasteiger partial charge < -0.3 is 4.74 Å². The second kappa shape index (κ2) is 3.52. The maximum Gasteiger partial charge on any atom is 0.0661 e. The standard InChI is InChI=1S/C13H24O/c1-5-9(2)12-11-6-7-13(4,14-12)8-10(11)3/h9-12H,5-8H2,1-4H3. The molecule has 0 aromatic rings. The minimum absolute atomic E-state index is 0.211. The highest BCUT2D eigenvalue weighted by molar-refractivity contribution is 4.97. The maximum atomic E-state index is 6.30. The summed E-state index contributed by atoms with van der Waals surface area (Å²) in [6.07, 6.45) is 5.76. The third-order valence-corrected chi connectivity index (χ3v) is 4.54. The summed E-state index contributed by atoms with van der Waals surface area (Å²) in [5.41, 5.74) is 0.211. The maximum absolute atomic E-state index is 6.30. The highest BCUT2D eigenvalue weighted by atomic mass is 16.5. The quantitative estimate of drug-likeness (QED) is 0.655. The van der Waals surface area contributed by atoms with E-state index in [1.54, 1.807) is 0 Å². The minimum Gasteiger partial charge on any atom is -0.371 e. The van der Waals surface area contributed by atoms with Gasteiger partial charge in [-0.3, -0.25) is 0 Å². The van der Waals surface area contributed by atoms with Crippen LogP contribution in [0.1, 0.15) is 53.4 Å². The zero-order valence-electron chi connectivity index (χ0n) is 10.0. The molecular formula is C13H24O. The Labute approximate surface area is 88.2 Å². The minimum atomic E-state index is 0.211. The van der Waals surface area contributed by atoms with E-state index in [1.165, 1.54) is 25.7 Å². The molecule has 0 aromatic heterocycles. The van der Waals surface area contributed by atoms with Crippen molar-refractivity contribution in [3.05, 3.63) is 0 Å². The first kappa shape index (κ1) is 10.5. The van der Waals surface area contributed by atoms with E-state index >= 15 is 0 Å². The fourth-order valence-corrected chi connectivity index (χ4v) is 3.47. The van der Waals surface area contributed by atoms with Crippen molar-refractivity contribution >= 4 is 0 Å². The van der Waals surface area contributed by atoms with Gasteiger partial charge in [-0.25, -0.2) is 0 Å². The first-order chi connectivity index (χ1) is 6.56. The summed E-state index contributed by atoms with van der Waals surface area (Å²) in [6, 6.07) is 0. The Morgan fingerprint density at radius 3 is 2.71 bits per heavy atom. The Bertz CT molecular complexity index is 213. The second-order valence-corrected chi connectivity index (χ2v) is 5.80. The summed E-state index contributed by atoms with van der Waals surface area (Å²) in [5, 5.41) is 0. The van der Waals surface area contributed by atoms with Gasteiger partial charge >= 0.3 is 0 Å². The monoisotopic (exact) mass is 196 g/mol. The predicted molar refractivity (Wildman–Crippen MR) is 59.2 cm³/mol. The molecule has 5 unspecified atom stereocenters. The number of ether oxygens (including phenoxy) is 1. The van der Waals surface area contributed by atoms with E-state index in [-0.39, 0.29) is 5.60 Å². The molecule has 1 heteroatoms. The summed E-state index contributed by atoms with van der Waals surface area (Å²) in [6.45, 7) is 9.36. The van der Waals surface area contributed by atoms with Crippen molar-refractivity contribution in [1.29, 1.82) is 0 Å². The van der Waals surface area contributed by atoms with Gasteiger partial charge in [-0.05, 0) is 43.9 Å². The molecule has 82 valence electrons. The van der Waals surface area contributed by atoms with Crippen LogP contribution in [0.3, 0.4) is 0 Å². The smallest absolute Gasteiger partial charge is 0.0661 e. The summed E-state index contributed by atoms with van der Waals surface area (Å²) in [5.74, 6) is 2.45. The molecule has 0 N–H and O–H groups in total. The third-order valence-electron chi connectivity index (χ3n) is 4.54. The first-order valence-electron chi connectivity index (χ1n) is 6.23. The fraction of sp³-hybridized carbons (Fsp3) is 1.00. The Hall–Kier alpha value is -0.0400. The van der Waals surface area contributed by atoms with Crippen molar-refractivity contribution < 1.29 is 4.74 Å². The van der Waals surface area contributed by atoms with Gasteiger partial charge in [-0.15, -0.1) is 0 Å². The molecule has 2 aliphatic heterocycles. The van der Waals surface area contributed by atoms with E-state index in [1.807, 2.05) is 0 Å². The second-order valence-electron chi connectivity index (χ2n) is 5.80. The molecule has 5 atom stereocenters. The molecule has 2 saturated heterocycles. The molecule has 1 nitrogen and oxygen atoms in total. The lowest BCUT2D eigenvalue weighted by Gasteiger charge is -2.54. The topological polar surface area (TPSA) is 9.23 Å². The average Bonchev–Trinajstić information content (AvgIpc) is 2.15. The van der Waals surface area contributed by atoms with E-state index in [0.29, 0.717) is 6.10 Å². The molecule has 2 bridgehead atoms. The average molecular weight is 196 g/mol. The molecule has 2 heterocycles. The lowest BCUT2D eigenvalue weighted by Crippen LogP contribution is -2.54. The Kier molecular flexibility index (Phi) is 2.63. The molecule has 1 saturated carbocycles. The zero-order valence-corrected chi connectivity index (χ0v) is 10.0. The molecule has 3 rings (SSSR count). The van der Waals surface area contributed by atoms with Crippen molar-refractivity contribution in [1.82, 2.24) is 0 Å². The van der Waals surface area contributed by atoms with Gasteiger partial charge in [0, 0.05) is 0 Å². The van der Waals surface area contributed by atoms with Crippen molar-refractivity contribution in [3.63, 3.8) is 0 Å². The van der Waals surface area contributed by atoms with Crippen LogP contribution in [0.2, 0.25) is 0 Å². The molecule has 0 radical (unpaired) electrons. The van der Waals surface area contributed by atoms with Crippen LogP contribution in [-0.2, 0) is 4.74 Å². The van der Waals surface area contributed by atoms with Gasteiger partial charge in [0.2, 0.25) is 0 Å². The van der Waals surface area contributed by atoms with E-state index in [2.05, 4.69) is 27.7 Å². The number of hydrogen-bond donors (Lipinski definition) is 0. The summed E-state index contributed by atoms with van der Waals surface area (Å²) in [7, 11) is 0. The summed E-state index contributed by atoms with van der Waals surface area (Å²) < 4.78 is 6.30. The molecule has 3 aliphatic rings. The fourth-order valence-electron chi connectivity index (χ4n) is 3.47. The Morgan fingerprint density at radius 2 is 2.21 bits per heavy atom. The van der Waals surface area contributed by atoms with Crippen LogP contribution in [0.25, 0.3) is 0 Å². The summed E-state index contributed by atoms with van der Waals surface area (Å²) in [4.78, 5) is 0. The van der Waals surface area contributed by atoms with Crippen LogP contribution in [0, 0.1) is 17.8 Å². The molecule has 14 heavy (non-hydrogen) atoms. The number of hydrogen-bond acceptors (Lipinski definition) is 1. The lowest BCUT2D eigenvalue weighted by molar-refractivity contribution is -0.219. The van der Waals surface area contributed by atoms with Crippen LogP contribution in [0.15, 0.2) is 0 Å². The van der Waals surface area contributed by atoms with Crippen molar-refractivity contribution in [2.45, 2.75) is 65.1 Å². The van der Waals surface area contributed by atoms with E-state index < -0.39 is 0 Å². The van der Waals surface area contributed by atoms with Crippen molar-refractivity contribution in [2.24, 2.45) is 17.8 Å². The molecule has 1 aliphatic carbocycles. The summed E-state index contributed by atoms with van der Waals surface area (Å²) >= 11 is 0. The van der Waals surface area contributed by atoms with Gasteiger partial charge in [0.25, 0.3) is 0 Å². The van der Waals surface area contributed by atoms with Crippen molar-refractivity contribution in [2.75, 3.05) is 0 Å². The van der Waals surface area contributed by atoms with Crippen molar-refractivity contribution in [3.8, 4) is 0 Å². The largest absolute Gasteiger partial charge is 0.371 e. The van der Waals surface area contributed by atoms with E-state index in [0.717, 1.165) is 17.8 Å². The molecular weight excluding hydrogens is 172 g/mol. The number of rotatable bonds is 2. The van der Waals surface area contributed by atoms with Gasteiger partial charge in [-0.2, -0.15) is 0 Å². The number of fused-ring (bicyclic) bond motifs is 3. The van der Waals surface area contributed by atoms with Crippen LogP contribution in [0.5, 0.6) is 0 Å². The van der Waals surface area contributed by atoms with Crippen LogP contribution in [0.4, 0.5) is 0 Å². The molecule has 0 amide bonds. The van der Waals surface area contributed by atoms with Crippen LogP contribution >= 0.6 is 0 Å².